The van der Waals surface area contributed by atoms with Gasteiger partial charge in [0.2, 0.25) is 5.09 Å². The van der Waals surface area contributed by atoms with Crippen molar-refractivity contribution >= 4 is 21.9 Å². The standard InChI is InChI=1S/C15H22N2O6S/c1-15(9-5-4-6-10(15)14(19)20)16-13(18)11-7-8-12(23-11)24(21,22)17(2)3/h7-8,10H,4-6,9H2,1-3H3,(H,16,18)(H,19,20). The Morgan fingerprint density at radius 1 is 1.33 bits per heavy atom. The number of rotatable bonds is 5. The molecule has 0 aromatic carbocycles. The van der Waals surface area contributed by atoms with Crippen LogP contribution in [0.4, 0.5) is 0 Å². The van der Waals surface area contributed by atoms with Crippen LogP contribution >= 0.6 is 0 Å². The van der Waals surface area contributed by atoms with Crippen molar-refractivity contribution in [2.75, 3.05) is 14.1 Å². The van der Waals surface area contributed by atoms with Crippen LogP contribution in [0.2, 0.25) is 0 Å². The number of carbonyl (C=O) groups excluding carboxylic acids is 1. The van der Waals surface area contributed by atoms with Crippen molar-refractivity contribution in [3.63, 3.8) is 0 Å². The van der Waals surface area contributed by atoms with Crippen LogP contribution in [-0.2, 0) is 14.8 Å². The lowest BCUT2D eigenvalue weighted by Gasteiger charge is -2.39. The second kappa shape index (κ2) is 6.56. The summed E-state index contributed by atoms with van der Waals surface area (Å²) in [6, 6.07) is 2.48. The number of carbonyl (C=O) groups is 2. The molecule has 1 aliphatic carbocycles. The van der Waals surface area contributed by atoms with Crippen molar-refractivity contribution in [3.05, 3.63) is 17.9 Å². The number of aliphatic carboxylic acids is 1. The number of hydrogen-bond acceptors (Lipinski definition) is 5. The van der Waals surface area contributed by atoms with Gasteiger partial charge in [-0.15, -0.1) is 0 Å². The Labute approximate surface area is 140 Å². The van der Waals surface area contributed by atoms with E-state index in [1.165, 1.54) is 26.2 Å². The van der Waals surface area contributed by atoms with Gasteiger partial charge < -0.3 is 14.8 Å². The summed E-state index contributed by atoms with van der Waals surface area (Å²) in [4.78, 5) is 23.8. The van der Waals surface area contributed by atoms with Crippen molar-refractivity contribution in [2.45, 2.75) is 43.2 Å². The number of furan rings is 1. The summed E-state index contributed by atoms with van der Waals surface area (Å²) in [6.45, 7) is 1.70. The Kier molecular flexibility index (Phi) is 5.05. The van der Waals surface area contributed by atoms with Crippen LogP contribution in [0.3, 0.4) is 0 Å². The third-order valence-electron chi connectivity index (χ3n) is 4.45. The smallest absolute Gasteiger partial charge is 0.308 e. The van der Waals surface area contributed by atoms with E-state index in [0.717, 1.165) is 17.1 Å². The normalized spacial score (nSPS) is 24.8. The molecule has 0 saturated heterocycles. The SMILES string of the molecule is CN(C)S(=O)(=O)c1ccc(C(=O)NC2(C)CCCCC2C(=O)O)o1. The molecule has 1 heterocycles. The molecule has 9 heteroatoms. The molecule has 1 fully saturated rings. The summed E-state index contributed by atoms with van der Waals surface area (Å²) in [5.41, 5.74) is -0.894. The van der Waals surface area contributed by atoms with Gasteiger partial charge in [-0.2, -0.15) is 0 Å². The number of nitrogens with one attached hydrogen (secondary N) is 1. The van der Waals surface area contributed by atoms with Gasteiger partial charge in [-0.05, 0) is 31.9 Å². The van der Waals surface area contributed by atoms with Crippen LogP contribution in [0, 0.1) is 5.92 Å². The topological polar surface area (TPSA) is 117 Å². The van der Waals surface area contributed by atoms with E-state index in [2.05, 4.69) is 5.32 Å². The van der Waals surface area contributed by atoms with Gasteiger partial charge in [0, 0.05) is 14.1 Å². The quantitative estimate of drug-likeness (QED) is 0.819. The second-order valence-corrected chi connectivity index (χ2v) is 8.50. The fraction of sp³-hybridized carbons (Fsp3) is 0.600. The van der Waals surface area contributed by atoms with E-state index in [0.29, 0.717) is 12.8 Å². The second-order valence-electron chi connectivity index (χ2n) is 6.41. The molecule has 134 valence electrons. The molecule has 1 aromatic rings. The van der Waals surface area contributed by atoms with Gasteiger partial charge in [0.05, 0.1) is 11.5 Å². The van der Waals surface area contributed by atoms with Crippen LogP contribution in [-0.4, -0.2) is 49.3 Å². The van der Waals surface area contributed by atoms with Gasteiger partial charge in [-0.1, -0.05) is 12.8 Å². The first-order valence-corrected chi connectivity index (χ1v) is 9.09. The summed E-state index contributed by atoms with van der Waals surface area (Å²) in [7, 11) is -1.05. The van der Waals surface area contributed by atoms with Crippen molar-refractivity contribution in [1.82, 2.24) is 9.62 Å². The molecule has 1 amide bonds. The summed E-state index contributed by atoms with van der Waals surface area (Å²) >= 11 is 0. The molecule has 24 heavy (non-hydrogen) atoms. The molecule has 8 nitrogen and oxygen atoms in total. The number of hydrogen-bond donors (Lipinski definition) is 2. The van der Waals surface area contributed by atoms with E-state index < -0.39 is 33.4 Å². The minimum atomic E-state index is -3.77. The van der Waals surface area contributed by atoms with Crippen LogP contribution in [0.25, 0.3) is 0 Å². The molecule has 1 saturated carbocycles. The summed E-state index contributed by atoms with van der Waals surface area (Å²) in [5, 5.41) is 11.8. The average Bonchev–Trinajstić information content (AvgIpc) is 2.97. The van der Waals surface area contributed by atoms with Gasteiger partial charge in [-0.3, -0.25) is 9.59 Å². The molecule has 1 aromatic heterocycles. The van der Waals surface area contributed by atoms with E-state index in [1.54, 1.807) is 6.92 Å². The molecule has 2 atom stereocenters. The lowest BCUT2D eigenvalue weighted by Crippen LogP contribution is -2.55. The molecule has 0 spiro atoms. The van der Waals surface area contributed by atoms with E-state index in [9.17, 15) is 23.1 Å². The van der Waals surface area contributed by atoms with E-state index >= 15 is 0 Å². The Morgan fingerprint density at radius 3 is 2.58 bits per heavy atom. The van der Waals surface area contributed by atoms with E-state index in [1.807, 2.05) is 0 Å². The molecule has 0 radical (unpaired) electrons. The maximum absolute atomic E-state index is 12.4. The number of sulfonamides is 1. The minimum absolute atomic E-state index is 0.161. The first-order valence-electron chi connectivity index (χ1n) is 7.65. The van der Waals surface area contributed by atoms with Gasteiger partial charge in [-0.25, -0.2) is 12.7 Å². The number of amides is 1. The molecule has 0 bridgehead atoms. The van der Waals surface area contributed by atoms with E-state index in [4.69, 9.17) is 4.42 Å². The van der Waals surface area contributed by atoms with Gasteiger partial charge in [0.25, 0.3) is 15.9 Å². The summed E-state index contributed by atoms with van der Waals surface area (Å²) in [6.07, 6.45) is 2.65. The first kappa shape index (κ1) is 18.5. The van der Waals surface area contributed by atoms with Crippen LogP contribution in [0.5, 0.6) is 0 Å². The lowest BCUT2D eigenvalue weighted by atomic mass is 9.74. The molecular weight excluding hydrogens is 336 g/mol. The highest BCUT2D eigenvalue weighted by Gasteiger charge is 2.42. The Balaban J connectivity index is 2.21. The van der Waals surface area contributed by atoms with Gasteiger partial charge in [0.1, 0.15) is 0 Å². The highest BCUT2D eigenvalue weighted by atomic mass is 32.2. The monoisotopic (exact) mass is 358 g/mol. The fourth-order valence-electron chi connectivity index (χ4n) is 2.96. The molecule has 2 N–H and O–H groups in total. The maximum atomic E-state index is 12.4. The van der Waals surface area contributed by atoms with Crippen LogP contribution in [0.15, 0.2) is 21.6 Å². The minimum Gasteiger partial charge on any atom is -0.481 e. The van der Waals surface area contributed by atoms with Crippen LogP contribution < -0.4 is 5.32 Å². The number of nitrogens with zero attached hydrogens (tertiary/aromatic N) is 1. The fourth-order valence-corrected chi connectivity index (χ4v) is 3.76. The molecular formula is C15H22N2O6S. The third-order valence-corrected chi connectivity index (χ3v) is 6.13. The van der Waals surface area contributed by atoms with E-state index in [-0.39, 0.29) is 10.9 Å². The zero-order valence-electron chi connectivity index (χ0n) is 13.9. The maximum Gasteiger partial charge on any atom is 0.308 e. The Hall–Kier alpha value is -1.87. The van der Waals surface area contributed by atoms with Crippen molar-refractivity contribution < 1.29 is 27.5 Å². The Morgan fingerprint density at radius 2 is 2.00 bits per heavy atom. The van der Waals surface area contributed by atoms with Crippen molar-refractivity contribution in [2.24, 2.45) is 5.92 Å². The lowest BCUT2D eigenvalue weighted by molar-refractivity contribution is -0.145. The summed E-state index contributed by atoms with van der Waals surface area (Å²) < 4.78 is 30.1. The number of carboxylic acid groups (broad SMARTS) is 1. The van der Waals surface area contributed by atoms with Crippen LogP contribution in [0.1, 0.15) is 43.2 Å². The Bertz CT molecular complexity index is 739. The average molecular weight is 358 g/mol. The molecule has 1 aliphatic rings. The third kappa shape index (κ3) is 3.46. The van der Waals surface area contributed by atoms with Crippen molar-refractivity contribution in [1.29, 1.82) is 0 Å². The zero-order chi connectivity index (χ0) is 18.1. The largest absolute Gasteiger partial charge is 0.481 e. The van der Waals surface area contributed by atoms with Crippen molar-refractivity contribution in [3.8, 4) is 0 Å². The highest BCUT2D eigenvalue weighted by Crippen LogP contribution is 2.34. The predicted octanol–water partition coefficient (Wildman–Crippen LogP) is 1.29. The van der Waals surface area contributed by atoms with Gasteiger partial charge in [0.15, 0.2) is 5.76 Å². The predicted molar refractivity (Wildman–Crippen MR) is 85.0 cm³/mol. The molecule has 2 rings (SSSR count). The highest BCUT2D eigenvalue weighted by molar-refractivity contribution is 7.88. The summed E-state index contributed by atoms with van der Waals surface area (Å²) in [5.74, 6) is -2.42. The molecule has 0 aliphatic heterocycles. The molecule has 2 unspecified atom stereocenters. The van der Waals surface area contributed by atoms with Gasteiger partial charge >= 0.3 is 5.97 Å². The number of carboxylic acids is 1. The first-order chi connectivity index (χ1) is 11.1. The zero-order valence-corrected chi connectivity index (χ0v) is 14.7.